The molecule has 1 atom stereocenters. The lowest BCUT2D eigenvalue weighted by molar-refractivity contribution is -0.115. The van der Waals surface area contributed by atoms with E-state index < -0.39 is 0 Å². The van der Waals surface area contributed by atoms with E-state index >= 15 is 0 Å². The first-order chi connectivity index (χ1) is 9.77. The quantitative estimate of drug-likeness (QED) is 0.768. The minimum atomic E-state index is -0.256. The number of rotatable bonds is 2. The third-order valence-corrected chi connectivity index (χ3v) is 4.72. The second-order valence-corrected chi connectivity index (χ2v) is 6.43. The normalized spacial score (nSPS) is 30.0. The lowest BCUT2D eigenvalue weighted by atomic mass is 9.89. The molecule has 1 amide bonds. The average molecular weight is 316 g/mol. The molecule has 0 aromatic rings. The zero-order chi connectivity index (χ0) is 13.8. The number of carbonyl (C=O) groups excluding carboxylic acids is 1. The highest BCUT2D eigenvalue weighted by atomic mass is 35.5. The molecule has 1 spiro atoms. The van der Waals surface area contributed by atoms with Crippen LogP contribution in [0, 0.1) is 0 Å². The lowest BCUT2D eigenvalue weighted by Gasteiger charge is -2.30. The van der Waals surface area contributed by atoms with Gasteiger partial charge in [0.2, 0.25) is 0 Å². The molecule has 1 saturated carbocycles. The monoisotopic (exact) mass is 315 g/mol. The number of halogens is 1. The Labute approximate surface area is 132 Å². The van der Waals surface area contributed by atoms with Crippen LogP contribution < -0.4 is 10.6 Å². The molecule has 0 radical (unpaired) electrons. The number of piperidine rings is 1. The van der Waals surface area contributed by atoms with Gasteiger partial charge in [0.25, 0.3) is 5.91 Å². The summed E-state index contributed by atoms with van der Waals surface area (Å²) in [5, 5.41) is 10.6. The minimum absolute atomic E-state index is 0. The molecular formula is C15H26ClN3O2. The van der Waals surface area contributed by atoms with Crippen molar-refractivity contribution in [3.8, 4) is 0 Å². The van der Waals surface area contributed by atoms with Crippen LogP contribution in [0.2, 0.25) is 0 Å². The number of oxime groups is 1. The summed E-state index contributed by atoms with van der Waals surface area (Å²) < 4.78 is 0. The first-order valence-corrected chi connectivity index (χ1v) is 8.04. The van der Waals surface area contributed by atoms with Crippen molar-refractivity contribution in [1.82, 2.24) is 10.6 Å². The second kappa shape index (κ2) is 7.45. The van der Waals surface area contributed by atoms with Crippen molar-refractivity contribution in [1.29, 1.82) is 0 Å². The molecular weight excluding hydrogens is 290 g/mol. The highest BCUT2D eigenvalue weighted by Gasteiger charge is 2.42. The van der Waals surface area contributed by atoms with E-state index in [1.807, 2.05) is 0 Å². The van der Waals surface area contributed by atoms with Crippen LogP contribution in [-0.4, -0.2) is 36.4 Å². The van der Waals surface area contributed by atoms with Gasteiger partial charge < -0.3 is 15.5 Å². The van der Waals surface area contributed by atoms with Crippen molar-refractivity contribution in [3.05, 3.63) is 0 Å². The molecule has 1 unspecified atom stereocenters. The fourth-order valence-corrected chi connectivity index (χ4v) is 3.50. The summed E-state index contributed by atoms with van der Waals surface area (Å²) in [5.74, 6) is -0.0145. The molecule has 21 heavy (non-hydrogen) atoms. The van der Waals surface area contributed by atoms with Gasteiger partial charge in [0, 0.05) is 19.0 Å². The maximum atomic E-state index is 12.3. The molecule has 3 aliphatic rings. The summed E-state index contributed by atoms with van der Waals surface area (Å²) in [5.41, 5.74) is 0.326. The largest absolute Gasteiger partial charge is 0.387 e. The topological polar surface area (TPSA) is 62.7 Å². The molecule has 1 aliphatic carbocycles. The minimum Gasteiger partial charge on any atom is -0.387 e. The molecule has 5 nitrogen and oxygen atoms in total. The summed E-state index contributed by atoms with van der Waals surface area (Å²) in [6.07, 6.45) is 9.98. The summed E-state index contributed by atoms with van der Waals surface area (Å²) in [4.78, 5) is 17.9. The maximum Gasteiger partial charge on any atom is 0.269 e. The first kappa shape index (κ1) is 16.6. The SMILES string of the molecule is Cl.O=C(NC1CCCCCC1)C1=NOC2(CCCNC2)C1. The Balaban J connectivity index is 0.00000161. The predicted octanol–water partition coefficient (Wildman–Crippen LogP) is 2.15. The van der Waals surface area contributed by atoms with Crippen molar-refractivity contribution in [2.45, 2.75) is 69.4 Å². The Morgan fingerprint density at radius 3 is 2.67 bits per heavy atom. The van der Waals surface area contributed by atoms with E-state index in [0.717, 1.165) is 38.8 Å². The summed E-state index contributed by atoms with van der Waals surface area (Å²) in [7, 11) is 0. The van der Waals surface area contributed by atoms with Gasteiger partial charge in [-0.2, -0.15) is 0 Å². The van der Waals surface area contributed by atoms with Gasteiger partial charge in [0.15, 0.2) is 5.60 Å². The highest BCUT2D eigenvalue weighted by Crippen LogP contribution is 2.30. The van der Waals surface area contributed by atoms with Gasteiger partial charge in [-0.05, 0) is 32.2 Å². The van der Waals surface area contributed by atoms with Crippen LogP contribution >= 0.6 is 12.4 Å². The molecule has 2 heterocycles. The molecule has 3 rings (SSSR count). The summed E-state index contributed by atoms with van der Waals surface area (Å²) in [6, 6.07) is 0.328. The van der Waals surface area contributed by atoms with Crippen LogP contribution in [0.4, 0.5) is 0 Å². The number of amides is 1. The molecule has 1 saturated heterocycles. The van der Waals surface area contributed by atoms with Crippen molar-refractivity contribution in [2.24, 2.45) is 5.16 Å². The van der Waals surface area contributed by atoms with Gasteiger partial charge in [-0.25, -0.2) is 0 Å². The van der Waals surface area contributed by atoms with Crippen LogP contribution in [-0.2, 0) is 9.63 Å². The van der Waals surface area contributed by atoms with E-state index in [0.29, 0.717) is 18.2 Å². The van der Waals surface area contributed by atoms with E-state index in [1.54, 1.807) is 0 Å². The zero-order valence-corrected chi connectivity index (χ0v) is 13.3. The Morgan fingerprint density at radius 1 is 1.24 bits per heavy atom. The predicted molar refractivity (Wildman–Crippen MR) is 84.9 cm³/mol. The lowest BCUT2D eigenvalue weighted by Crippen LogP contribution is -2.47. The number of carbonyl (C=O) groups is 1. The number of hydrogen-bond acceptors (Lipinski definition) is 4. The fourth-order valence-electron chi connectivity index (χ4n) is 3.50. The fraction of sp³-hybridized carbons (Fsp3) is 0.867. The Morgan fingerprint density at radius 2 is 2.00 bits per heavy atom. The Bertz CT molecular complexity index is 386. The van der Waals surface area contributed by atoms with Crippen molar-refractivity contribution in [3.63, 3.8) is 0 Å². The third kappa shape index (κ3) is 4.10. The molecule has 0 bridgehead atoms. The van der Waals surface area contributed by atoms with E-state index in [9.17, 15) is 4.79 Å². The average Bonchev–Trinajstić information content (AvgIpc) is 2.70. The van der Waals surface area contributed by atoms with Gasteiger partial charge in [-0.15, -0.1) is 12.4 Å². The van der Waals surface area contributed by atoms with Crippen LogP contribution in [0.25, 0.3) is 0 Å². The summed E-state index contributed by atoms with van der Waals surface area (Å²) >= 11 is 0. The van der Waals surface area contributed by atoms with E-state index in [-0.39, 0.29) is 23.9 Å². The van der Waals surface area contributed by atoms with Crippen molar-refractivity contribution < 1.29 is 9.63 Å². The highest BCUT2D eigenvalue weighted by molar-refractivity contribution is 6.39. The van der Waals surface area contributed by atoms with E-state index in [2.05, 4.69) is 15.8 Å². The molecule has 0 aromatic carbocycles. The zero-order valence-electron chi connectivity index (χ0n) is 12.5. The van der Waals surface area contributed by atoms with Gasteiger partial charge in [-0.1, -0.05) is 30.8 Å². The smallest absolute Gasteiger partial charge is 0.269 e. The van der Waals surface area contributed by atoms with Crippen LogP contribution in [0.15, 0.2) is 5.16 Å². The number of nitrogens with one attached hydrogen (secondary N) is 2. The third-order valence-electron chi connectivity index (χ3n) is 4.72. The van der Waals surface area contributed by atoms with Crippen molar-refractivity contribution >= 4 is 24.0 Å². The standard InChI is InChI=1S/C15H25N3O2.ClH/c19-14(17-12-6-3-1-2-4-7-12)13-10-15(20-18-13)8-5-9-16-11-15;/h12,16H,1-11H2,(H,17,19);1H. The van der Waals surface area contributed by atoms with Gasteiger partial charge in [0.1, 0.15) is 5.71 Å². The first-order valence-electron chi connectivity index (χ1n) is 8.04. The molecule has 120 valence electrons. The Hall–Kier alpha value is -0.810. The maximum absolute atomic E-state index is 12.3. The molecule has 0 aromatic heterocycles. The van der Waals surface area contributed by atoms with Gasteiger partial charge >= 0.3 is 0 Å². The Kier molecular flexibility index (Phi) is 5.88. The molecule has 2 N–H and O–H groups in total. The van der Waals surface area contributed by atoms with Gasteiger partial charge in [-0.3, -0.25) is 4.79 Å². The number of hydrogen-bond donors (Lipinski definition) is 2. The van der Waals surface area contributed by atoms with Gasteiger partial charge in [0.05, 0.1) is 0 Å². The van der Waals surface area contributed by atoms with Crippen molar-refractivity contribution in [2.75, 3.05) is 13.1 Å². The van der Waals surface area contributed by atoms with E-state index in [1.165, 1.54) is 25.7 Å². The van der Waals surface area contributed by atoms with Crippen LogP contribution in [0.1, 0.15) is 57.8 Å². The molecule has 2 aliphatic heterocycles. The van der Waals surface area contributed by atoms with Crippen LogP contribution in [0.5, 0.6) is 0 Å². The number of nitrogens with zero attached hydrogens (tertiary/aromatic N) is 1. The van der Waals surface area contributed by atoms with Crippen LogP contribution in [0.3, 0.4) is 0 Å². The summed E-state index contributed by atoms with van der Waals surface area (Å²) in [6.45, 7) is 1.84. The van der Waals surface area contributed by atoms with E-state index in [4.69, 9.17) is 4.84 Å². The molecule has 2 fully saturated rings. The second-order valence-electron chi connectivity index (χ2n) is 6.43. The molecule has 6 heteroatoms.